The summed E-state index contributed by atoms with van der Waals surface area (Å²) >= 11 is 0. The van der Waals surface area contributed by atoms with Gasteiger partial charge < -0.3 is 15.2 Å². The molecule has 14 heteroatoms. The van der Waals surface area contributed by atoms with E-state index in [-0.39, 0.29) is 18.2 Å². The van der Waals surface area contributed by atoms with Gasteiger partial charge in [0.05, 0.1) is 18.9 Å². The van der Waals surface area contributed by atoms with Crippen LogP contribution in [-0.4, -0.2) is 47.4 Å². The van der Waals surface area contributed by atoms with Crippen LogP contribution in [-0.2, 0) is 31.0 Å². The number of ether oxygens (including phenoxy) is 1. The number of aliphatic hydroxyl groups is 1. The molecule has 202 valence electrons. The lowest BCUT2D eigenvalue weighted by atomic mass is 10.1. The number of rotatable bonds is 14. The number of alkyl halides is 3. The molecule has 1 amide bonds. The maximum atomic E-state index is 12.4. The molecular weight excluding hydrogens is 493 g/mol. The number of aromatic nitrogens is 6. The molecule has 3 rings (SSSR count). The average Bonchev–Trinajstić information content (AvgIpc) is 3.47. The molecule has 0 saturated heterocycles. The Bertz CT molecular complexity index is 1130. The summed E-state index contributed by atoms with van der Waals surface area (Å²) in [6.07, 6.45) is -0.456. The van der Waals surface area contributed by atoms with E-state index in [1.165, 1.54) is 18.2 Å². The number of amides is 1. The van der Waals surface area contributed by atoms with Gasteiger partial charge in [0.25, 0.3) is 0 Å². The molecule has 0 aliphatic heterocycles. The smallest absolute Gasteiger partial charge is 0.406 e. The van der Waals surface area contributed by atoms with Crippen LogP contribution < -0.4 is 15.4 Å². The number of halogens is 3. The maximum Gasteiger partial charge on any atom is 0.573 e. The highest BCUT2D eigenvalue weighted by Gasteiger charge is 2.31. The van der Waals surface area contributed by atoms with E-state index in [2.05, 4.69) is 36.0 Å². The predicted octanol–water partition coefficient (Wildman–Crippen LogP) is 2.69. The molecule has 0 aliphatic carbocycles. The molecule has 37 heavy (non-hydrogen) atoms. The second-order valence-electron chi connectivity index (χ2n) is 8.94. The van der Waals surface area contributed by atoms with Crippen LogP contribution in [0.25, 0.3) is 0 Å². The van der Waals surface area contributed by atoms with Gasteiger partial charge in [-0.3, -0.25) is 19.5 Å². The lowest BCUT2D eigenvalue weighted by Gasteiger charge is -2.12. The Morgan fingerprint density at radius 3 is 2.49 bits per heavy atom. The quantitative estimate of drug-likeness (QED) is 0.217. The van der Waals surface area contributed by atoms with Crippen LogP contribution in [0.15, 0.2) is 36.7 Å². The second kappa shape index (κ2) is 13.1. The predicted molar refractivity (Wildman–Crippen MR) is 126 cm³/mol. The molecule has 2 aromatic heterocycles. The highest BCUT2D eigenvalue weighted by atomic mass is 19.4. The molecule has 1 unspecified atom stereocenters. The van der Waals surface area contributed by atoms with E-state index in [1.54, 1.807) is 27.8 Å². The Morgan fingerprint density at radius 2 is 1.78 bits per heavy atom. The molecule has 3 N–H and O–H groups in total. The normalized spacial score (nSPS) is 12.6. The molecule has 2 heterocycles. The number of hydrogen-bond donors (Lipinski definition) is 3. The first-order valence-electron chi connectivity index (χ1n) is 11.9. The Labute approximate surface area is 212 Å². The minimum absolute atomic E-state index is 0.0122. The van der Waals surface area contributed by atoms with Crippen LogP contribution in [0.1, 0.15) is 56.3 Å². The number of nitrogens with one attached hydrogen (secondary N) is 2. The summed E-state index contributed by atoms with van der Waals surface area (Å²) < 4.78 is 44.4. The van der Waals surface area contributed by atoms with Gasteiger partial charge in [0, 0.05) is 26.1 Å². The van der Waals surface area contributed by atoms with Gasteiger partial charge in [-0.15, -0.1) is 23.4 Å². The van der Waals surface area contributed by atoms with E-state index in [9.17, 15) is 23.1 Å². The molecule has 0 saturated carbocycles. The van der Waals surface area contributed by atoms with Crippen LogP contribution in [0.3, 0.4) is 0 Å². The van der Waals surface area contributed by atoms with Crippen LogP contribution in [0.5, 0.6) is 5.75 Å². The molecule has 1 aromatic carbocycles. The number of benzene rings is 1. The van der Waals surface area contributed by atoms with Gasteiger partial charge in [-0.25, -0.2) is 0 Å². The van der Waals surface area contributed by atoms with Gasteiger partial charge in [0.2, 0.25) is 5.91 Å². The molecule has 0 aliphatic rings. The SMILES string of the molecule is CC(C)CC(=O)NCc1cn(CCCCn2cc(C(O)NCc3cccc(OC(F)(F)F)c3)nn2)nn1. The molecule has 0 bridgehead atoms. The zero-order chi connectivity index (χ0) is 26.8. The number of carbonyl (C=O) groups excluding carboxylic acids is 1. The molecule has 0 fully saturated rings. The van der Waals surface area contributed by atoms with Crippen molar-refractivity contribution in [2.75, 3.05) is 0 Å². The first kappa shape index (κ1) is 28.1. The van der Waals surface area contributed by atoms with Crippen molar-refractivity contribution in [3.63, 3.8) is 0 Å². The maximum absolute atomic E-state index is 12.4. The number of hydrogen-bond acceptors (Lipinski definition) is 8. The summed E-state index contributed by atoms with van der Waals surface area (Å²) in [5.41, 5.74) is 1.49. The fraction of sp³-hybridized carbons (Fsp3) is 0.522. The van der Waals surface area contributed by atoms with Crippen LogP contribution in [0, 0.1) is 5.92 Å². The van der Waals surface area contributed by atoms with Gasteiger partial charge in [-0.1, -0.05) is 36.4 Å². The summed E-state index contributed by atoms with van der Waals surface area (Å²) in [6, 6.07) is 5.49. The van der Waals surface area contributed by atoms with E-state index < -0.39 is 12.6 Å². The van der Waals surface area contributed by atoms with Crippen molar-refractivity contribution in [2.45, 2.75) is 71.9 Å². The lowest BCUT2D eigenvalue weighted by molar-refractivity contribution is -0.274. The molecule has 0 spiro atoms. The standard InChI is InChI=1S/C23H31F3N8O3/c1-16(2)10-21(35)27-13-18-14-33(31-29-18)8-3-4-9-34-15-20(30-32-34)22(36)28-12-17-6-5-7-19(11-17)37-23(24,25)26/h5-7,11,14-16,22,28,36H,3-4,8-10,12-13H2,1-2H3,(H,27,35). The minimum Gasteiger partial charge on any atom is -0.406 e. The van der Waals surface area contributed by atoms with Crippen molar-refractivity contribution in [3.8, 4) is 5.75 Å². The number of carbonyl (C=O) groups is 1. The Kier molecular flexibility index (Phi) is 9.97. The van der Waals surface area contributed by atoms with Crippen LogP contribution in [0.4, 0.5) is 13.2 Å². The second-order valence-corrected chi connectivity index (χ2v) is 8.94. The minimum atomic E-state index is -4.77. The summed E-state index contributed by atoms with van der Waals surface area (Å²) in [5, 5.41) is 32.0. The van der Waals surface area contributed by atoms with E-state index in [1.807, 2.05) is 13.8 Å². The summed E-state index contributed by atoms with van der Waals surface area (Å²) in [5.74, 6) is -0.0474. The summed E-state index contributed by atoms with van der Waals surface area (Å²) in [4.78, 5) is 11.7. The average molecular weight is 525 g/mol. The Balaban J connectivity index is 1.36. The van der Waals surface area contributed by atoms with Gasteiger partial charge >= 0.3 is 6.36 Å². The summed E-state index contributed by atoms with van der Waals surface area (Å²) in [7, 11) is 0. The van der Waals surface area contributed by atoms with Gasteiger partial charge in [-0.05, 0) is 36.5 Å². The van der Waals surface area contributed by atoms with Crippen molar-refractivity contribution < 1.29 is 27.8 Å². The van der Waals surface area contributed by atoms with E-state index in [4.69, 9.17) is 0 Å². The number of aryl methyl sites for hydroxylation is 2. The van der Waals surface area contributed by atoms with Gasteiger partial charge in [-0.2, -0.15) is 0 Å². The monoisotopic (exact) mass is 524 g/mol. The topological polar surface area (TPSA) is 132 Å². The summed E-state index contributed by atoms with van der Waals surface area (Å²) in [6.45, 7) is 5.64. The molecule has 3 aromatic rings. The number of nitrogens with zero attached hydrogens (tertiary/aromatic N) is 6. The van der Waals surface area contributed by atoms with Crippen molar-refractivity contribution >= 4 is 5.91 Å². The Morgan fingerprint density at radius 1 is 1.08 bits per heavy atom. The van der Waals surface area contributed by atoms with E-state index in [0.29, 0.717) is 48.9 Å². The van der Waals surface area contributed by atoms with Crippen molar-refractivity contribution in [1.29, 1.82) is 0 Å². The third-order valence-corrected chi connectivity index (χ3v) is 5.14. The fourth-order valence-electron chi connectivity index (χ4n) is 3.43. The zero-order valence-electron chi connectivity index (χ0n) is 20.6. The van der Waals surface area contributed by atoms with Crippen LogP contribution >= 0.6 is 0 Å². The van der Waals surface area contributed by atoms with Crippen molar-refractivity contribution in [2.24, 2.45) is 5.92 Å². The number of unbranched alkanes of at least 4 members (excludes halogenated alkanes) is 1. The van der Waals surface area contributed by atoms with Crippen molar-refractivity contribution in [1.82, 2.24) is 40.6 Å². The van der Waals surface area contributed by atoms with Gasteiger partial charge in [0.15, 0.2) is 6.23 Å². The first-order chi connectivity index (χ1) is 17.6. The highest BCUT2D eigenvalue weighted by Crippen LogP contribution is 2.23. The fourth-order valence-corrected chi connectivity index (χ4v) is 3.43. The lowest BCUT2D eigenvalue weighted by Crippen LogP contribution is -2.24. The zero-order valence-corrected chi connectivity index (χ0v) is 20.6. The molecular formula is C23H31F3N8O3. The first-order valence-corrected chi connectivity index (χ1v) is 11.9. The third kappa shape index (κ3) is 10.2. The van der Waals surface area contributed by atoms with E-state index >= 15 is 0 Å². The largest absolute Gasteiger partial charge is 0.573 e. The van der Waals surface area contributed by atoms with Crippen LogP contribution in [0.2, 0.25) is 0 Å². The van der Waals surface area contributed by atoms with Crippen molar-refractivity contribution in [3.05, 3.63) is 53.6 Å². The Hall–Kier alpha value is -3.52. The van der Waals surface area contributed by atoms with Gasteiger partial charge in [0.1, 0.15) is 17.1 Å². The van der Waals surface area contributed by atoms with E-state index in [0.717, 1.165) is 12.8 Å². The third-order valence-electron chi connectivity index (χ3n) is 5.14. The molecule has 11 nitrogen and oxygen atoms in total. The highest BCUT2D eigenvalue weighted by molar-refractivity contribution is 5.75. The number of aliphatic hydroxyl groups excluding tert-OH is 1. The molecule has 0 radical (unpaired) electrons. The molecule has 1 atom stereocenters.